The first kappa shape index (κ1) is 22.9. The van der Waals surface area contributed by atoms with Gasteiger partial charge in [0.2, 0.25) is 0 Å². The van der Waals surface area contributed by atoms with Gasteiger partial charge < -0.3 is 14.5 Å². The summed E-state index contributed by atoms with van der Waals surface area (Å²) < 4.78 is 5.56. The van der Waals surface area contributed by atoms with E-state index in [1.807, 2.05) is 45.0 Å². The lowest BCUT2D eigenvalue weighted by Gasteiger charge is -2.38. The van der Waals surface area contributed by atoms with E-state index in [2.05, 4.69) is 41.0 Å². The van der Waals surface area contributed by atoms with Crippen LogP contribution in [0, 0.1) is 12.8 Å². The Labute approximate surface area is 196 Å². The number of nitrogens with zero attached hydrogens (tertiary/aromatic N) is 3. The van der Waals surface area contributed by atoms with Crippen molar-refractivity contribution < 1.29 is 14.3 Å². The molecule has 0 bridgehead atoms. The first-order chi connectivity index (χ1) is 15.9. The van der Waals surface area contributed by atoms with Gasteiger partial charge in [-0.1, -0.05) is 38.1 Å². The van der Waals surface area contributed by atoms with Crippen molar-refractivity contribution in [1.29, 1.82) is 0 Å². The number of carbonyl (C=O) groups is 2. The molecule has 0 spiro atoms. The summed E-state index contributed by atoms with van der Waals surface area (Å²) in [6.45, 7) is 12.1. The second-order valence-corrected chi connectivity index (χ2v) is 9.11. The molecule has 2 aliphatic heterocycles. The van der Waals surface area contributed by atoms with Crippen LogP contribution in [0.3, 0.4) is 0 Å². The molecule has 0 N–H and O–H groups in total. The molecule has 6 nitrogen and oxygen atoms in total. The normalized spacial score (nSPS) is 16.9. The molecule has 174 valence electrons. The van der Waals surface area contributed by atoms with Crippen LogP contribution in [0.1, 0.15) is 31.9 Å². The summed E-state index contributed by atoms with van der Waals surface area (Å²) in [5.74, 6) is 0.582. The van der Waals surface area contributed by atoms with E-state index < -0.39 is 0 Å². The highest BCUT2D eigenvalue weighted by Crippen LogP contribution is 2.34. The molecule has 4 rings (SSSR count). The summed E-state index contributed by atoms with van der Waals surface area (Å²) >= 11 is 0. The molecule has 0 atom stereocenters. The molecule has 0 saturated carbocycles. The summed E-state index contributed by atoms with van der Waals surface area (Å²) in [5.41, 5.74) is 4.24. The predicted octanol–water partition coefficient (Wildman–Crippen LogP) is 3.95. The maximum atomic E-state index is 13.5. The molecule has 2 aliphatic rings. The van der Waals surface area contributed by atoms with Gasteiger partial charge in [-0.25, -0.2) is 0 Å². The lowest BCUT2D eigenvalue weighted by molar-refractivity contribution is -0.138. The molecule has 0 aromatic heterocycles. The van der Waals surface area contributed by atoms with E-state index >= 15 is 0 Å². The number of amides is 2. The minimum atomic E-state index is -0.200. The van der Waals surface area contributed by atoms with E-state index in [4.69, 9.17) is 4.74 Å². The van der Waals surface area contributed by atoms with E-state index in [-0.39, 0.29) is 17.7 Å². The Morgan fingerprint density at radius 3 is 2.18 bits per heavy atom. The van der Waals surface area contributed by atoms with Crippen LogP contribution < -0.4 is 9.64 Å². The van der Waals surface area contributed by atoms with Gasteiger partial charge in [0.05, 0.1) is 12.2 Å². The van der Waals surface area contributed by atoms with Crippen LogP contribution in [0.15, 0.2) is 54.2 Å². The van der Waals surface area contributed by atoms with E-state index in [1.54, 1.807) is 0 Å². The molecule has 6 heteroatoms. The van der Waals surface area contributed by atoms with Crippen LogP contribution >= 0.6 is 0 Å². The molecule has 33 heavy (non-hydrogen) atoms. The third-order valence-electron chi connectivity index (χ3n) is 6.11. The summed E-state index contributed by atoms with van der Waals surface area (Å²) in [7, 11) is 0. The largest absolute Gasteiger partial charge is 0.494 e. The van der Waals surface area contributed by atoms with Gasteiger partial charge in [0.15, 0.2) is 0 Å². The zero-order chi connectivity index (χ0) is 23.5. The number of benzene rings is 2. The molecule has 1 saturated heterocycles. The van der Waals surface area contributed by atoms with Gasteiger partial charge in [0, 0.05) is 38.4 Å². The minimum Gasteiger partial charge on any atom is -0.494 e. The van der Waals surface area contributed by atoms with Crippen molar-refractivity contribution in [3.05, 3.63) is 65.4 Å². The average Bonchev–Trinajstić information content (AvgIpc) is 3.04. The van der Waals surface area contributed by atoms with Crippen molar-refractivity contribution in [2.75, 3.05) is 44.2 Å². The standard InChI is InChI=1S/C27H33N3O3/c1-5-33-23-11-9-21(10-12-23)24-25(27(32)30(26(24)31)18-19(2)3)29-15-13-28(14-16-29)22-8-6-7-20(4)17-22/h6-12,17,19H,5,13-16,18H2,1-4H3. The quantitative estimate of drug-likeness (QED) is 0.602. The number of ether oxygens (including phenoxy) is 1. The molecule has 0 aliphatic carbocycles. The first-order valence-electron chi connectivity index (χ1n) is 11.8. The highest BCUT2D eigenvalue weighted by molar-refractivity contribution is 6.35. The SMILES string of the molecule is CCOc1ccc(C2=C(N3CCN(c4cccc(C)c4)CC3)C(=O)N(CC(C)C)C2=O)cc1. The number of aryl methyl sites for hydroxylation is 1. The van der Waals surface area contributed by atoms with Crippen molar-refractivity contribution in [1.82, 2.24) is 9.80 Å². The van der Waals surface area contributed by atoms with Gasteiger partial charge in [-0.2, -0.15) is 0 Å². The average molecular weight is 448 g/mol. The first-order valence-corrected chi connectivity index (χ1v) is 11.8. The van der Waals surface area contributed by atoms with Crippen molar-refractivity contribution >= 4 is 23.1 Å². The maximum Gasteiger partial charge on any atom is 0.277 e. The van der Waals surface area contributed by atoms with Gasteiger partial charge >= 0.3 is 0 Å². The molecule has 2 aromatic carbocycles. The van der Waals surface area contributed by atoms with Crippen LogP contribution in [-0.4, -0.2) is 60.9 Å². The van der Waals surface area contributed by atoms with Gasteiger partial charge in [-0.15, -0.1) is 0 Å². The van der Waals surface area contributed by atoms with Crippen molar-refractivity contribution in [3.63, 3.8) is 0 Å². The van der Waals surface area contributed by atoms with E-state index in [0.29, 0.717) is 37.5 Å². The minimum absolute atomic E-state index is 0.179. The number of hydrogen-bond donors (Lipinski definition) is 0. The zero-order valence-corrected chi connectivity index (χ0v) is 20.0. The van der Waals surface area contributed by atoms with Crippen molar-refractivity contribution in [3.8, 4) is 5.75 Å². The second kappa shape index (κ2) is 9.69. The molecule has 0 radical (unpaired) electrons. The van der Waals surface area contributed by atoms with Crippen molar-refractivity contribution in [2.45, 2.75) is 27.7 Å². The Morgan fingerprint density at radius 2 is 1.58 bits per heavy atom. The van der Waals surface area contributed by atoms with Gasteiger partial charge in [-0.3, -0.25) is 14.5 Å². The second-order valence-electron chi connectivity index (χ2n) is 9.11. The maximum absolute atomic E-state index is 13.5. The zero-order valence-electron chi connectivity index (χ0n) is 20.0. The van der Waals surface area contributed by atoms with Crippen LogP contribution in [0.2, 0.25) is 0 Å². The number of piperazine rings is 1. The molecular formula is C27H33N3O3. The van der Waals surface area contributed by atoms with E-state index in [9.17, 15) is 9.59 Å². The highest BCUT2D eigenvalue weighted by Gasteiger charge is 2.42. The fraction of sp³-hybridized carbons (Fsp3) is 0.407. The highest BCUT2D eigenvalue weighted by atomic mass is 16.5. The number of anilines is 1. The van der Waals surface area contributed by atoms with Crippen LogP contribution in [0.5, 0.6) is 5.75 Å². The topological polar surface area (TPSA) is 53.1 Å². The van der Waals surface area contributed by atoms with Gasteiger partial charge in [0.25, 0.3) is 11.8 Å². The molecule has 0 unspecified atom stereocenters. The predicted molar refractivity (Wildman–Crippen MR) is 131 cm³/mol. The molecule has 1 fully saturated rings. The summed E-state index contributed by atoms with van der Waals surface area (Å²) in [4.78, 5) is 32.7. The number of rotatable bonds is 7. The van der Waals surface area contributed by atoms with Crippen LogP contribution in [0.4, 0.5) is 5.69 Å². The molecule has 2 aromatic rings. The fourth-order valence-electron chi connectivity index (χ4n) is 4.55. The Kier molecular flexibility index (Phi) is 6.72. The summed E-state index contributed by atoms with van der Waals surface area (Å²) in [6.07, 6.45) is 0. The lowest BCUT2D eigenvalue weighted by atomic mass is 10.0. The lowest BCUT2D eigenvalue weighted by Crippen LogP contribution is -2.47. The Hall–Kier alpha value is -3.28. The Morgan fingerprint density at radius 1 is 0.909 bits per heavy atom. The van der Waals surface area contributed by atoms with Crippen LogP contribution in [0.25, 0.3) is 5.57 Å². The van der Waals surface area contributed by atoms with Gasteiger partial charge in [0.1, 0.15) is 11.4 Å². The fourth-order valence-corrected chi connectivity index (χ4v) is 4.55. The third-order valence-corrected chi connectivity index (χ3v) is 6.11. The van der Waals surface area contributed by atoms with Gasteiger partial charge in [-0.05, 0) is 55.2 Å². The Bertz CT molecular complexity index is 1050. The molecule has 2 amide bonds. The molecule has 2 heterocycles. The van der Waals surface area contributed by atoms with E-state index in [1.165, 1.54) is 16.2 Å². The number of hydrogen-bond acceptors (Lipinski definition) is 5. The summed E-state index contributed by atoms with van der Waals surface area (Å²) in [6, 6.07) is 16.0. The number of imide groups is 1. The summed E-state index contributed by atoms with van der Waals surface area (Å²) in [5, 5.41) is 0. The number of carbonyl (C=O) groups excluding carboxylic acids is 2. The van der Waals surface area contributed by atoms with Crippen molar-refractivity contribution in [2.24, 2.45) is 5.92 Å². The van der Waals surface area contributed by atoms with E-state index in [0.717, 1.165) is 24.4 Å². The smallest absolute Gasteiger partial charge is 0.277 e. The third kappa shape index (κ3) is 4.75. The van der Waals surface area contributed by atoms with Crippen LogP contribution in [-0.2, 0) is 9.59 Å². The molecular weight excluding hydrogens is 414 g/mol. The monoisotopic (exact) mass is 447 g/mol. The Balaban J connectivity index is 1.63.